The first-order chi connectivity index (χ1) is 5.52. The molecule has 64 valence electrons. The third-order valence-electron chi connectivity index (χ3n) is 1.61. The van der Waals surface area contributed by atoms with Gasteiger partial charge in [-0.2, -0.15) is 4.39 Å². The molecule has 3 nitrogen and oxygen atoms in total. The number of amides is 1. The van der Waals surface area contributed by atoms with Crippen LogP contribution in [-0.2, 0) is 0 Å². The van der Waals surface area contributed by atoms with Crippen molar-refractivity contribution in [2.45, 2.75) is 13.8 Å². The summed E-state index contributed by atoms with van der Waals surface area (Å²) in [7, 11) is 0. The largest absolute Gasteiger partial charge is 0.366 e. The van der Waals surface area contributed by atoms with Crippen LogP contribution in [0.2, 0.25) is 0 Å². The third kappa shape index (κ3) is 1.42. The first-order valence-corrected chi connectivity index (χ1v) is 3.46. The highest BCUT2D eigenvalue weighted by atomic mass is 19.1. The molecular formula is C8H9FN2O. The lowest BCUT2D eigenvalue weighted by molar-refractivity contribution is 0.0998. The van der Waals surface area contributed by atoms with Crippen molar-refractivity contribution < 1.29 is 9.18 Å². The van der Waals surface area contributed by atoms with Gasteiger partial charge in [0.25, 0.3) is 5.91 Å². The fourth-order valence-corrected chi connectivity index (χ4v) is 1.16. The molecule has 0 aliphatic carbocycles. The highest BCUT2D eigenvalue weighted by Crippen LogP contribution is 2.11. The number of nitrogens with zero attached hydrogens (tertiary/aromatic N) is 1. The Kier molecular flexibility index (Phi) is 2.08. The minimum absolute atomic E-state index is 0.302. The van der Waals surface area contributed by atoms with Crippen molar-refractivity contribution in [3.63, 3.8) is 0 Å². The Balaban J connectivity index is 3.38. The molecule has 2 N–H and O–H groups in total. The predicted molar refractivity (Wildman–Crippen MR) is 42.2 cm³/mol. The molecule has 0 aromatic carbocycles. The molecule has 0 aliphatic rings. The SMILES string of the molecule is Cc1cc(F)nc(C)c1C(N)=O. The maximum Gasteiger partial charge on any atom is 0.250 e. The Labute approximate surface area is 69.4 Å². The van der Waals surface area contributed by atoms with E-state index in [1.807, 2.05) is 0 Å². The van der Waals surface area contributed by atoms with Crippen molar-refractivity contribution in [1.29, 1.82) is 0 Å². The zero-order chi connectivity index (χ0) is 9.30. The number of nitrogens with two attached hydrogens (primary N) is 1. The van der Waals surface area contributed by atoms with Crippen LogP contribution in [0.4, 0.5) is 4.39 Å². The van der Waals surface area contributed by atoms with Crippen LogP contribution in [0, 0.1) is 19.8 Å². The summed E-state index contributed by atoms with van der Waals surface area (Å²) >= 11 is 0. The van der Waals surface area contributed by atoms with Gasteiger partial charge in [0.2, 0.25) is 5.95 Å². The average molecular weight is 168 g/mol. The van der Waals surface area contributed by atoms with Gasteiger partial charge in [0.15, 0.2) is 0 Å². The number of primary amides is 1. The topological polar surface area (TPSA) is 56.0 Å². The maximum atomic E-state index is 12.6. The number of aryl methyl sites for hydroxylation is 2. The van der Waals surface area contributed by atoms with E-state index in [-0.39, 0.29) is 0 Å². The van der Waals surface area contributed by atoms with Gasteiger partial charge in [-0.15, -0.1) is 0 Å². The molecular weight excluding hydrogens is 159 g/mol. The summed E-state index contributed by atoms with van der Waals surface area (Å²) in [5.41, 5.74) is 6.22. The number of hydrogen-bond donors (Lipinski definition) is 1. The molecule has 0 radical (unpaired) electrons. The first kappa shape index (κ1) is 8.64. The van der Waals surface area contributed by atoms with Gasteiger partial charge in [-0.05, 0) is 25.5 Å². The molecule has 0 spiro atoms. The van der Waals surface area contributed by atoms with Gasteiger partial charge in [-0.25, -0.2) is 4.98 Å². The summed E-state index contributed by atoms with van der Waals surface area (Å²) in [4.78, 5) is 14.3. The number of hydrogen-bond acceptors (Lipinski definition) is 2. The standard InChI is InChI=1S/C8H9FN2O/c1-4-3-6(9)11-5(2)7(4)8(10)12/h3H,1-2H3,(H2,10,12). The normalized spacial score (nSPS) is 9.92. The fraction of sp³-hybridized carbons (Fsp3) is 0.250. The molecule has 0 bridgehead atoms. The van der Waals surface area contributed by atoms with Crippen molar-refractivity contribution in [2.75, 3.05) is 0 Å². The lowest BCUT2D eigenvalue weighted by atomic mass is 10.1. The molecule has 1 rings (SSSR count). The molecule has 0 saturated heterocycles. The zero-order valence-electron chi connectivity index (χ0n) is 6.89. The molecule has 1 heterocycles. The van der Waals surface area contributed by atoms with Crippen molar-refractivity contribution in [1.82, 2.24) is 4.98 Å². The van der Waals surface area contributed by atoms with Gasteiger partial charge in [0, 0.05) is 0 Å². The second kappa shape index (κ2) is 2.89. The molecule has 0 atom stereocenters. The second-order valence-corrected chi connectivity index (χ2v) is 2.59. The fourth-order valence-electron chi connectivity index (χ4n) is 1.16. The van der Waals surface area contributed by atoms with Crippen LogP contribution in [0.1, 0.15) is 21.6 Å². The van der Waals surface area contributed by atoms with E-state index in [9.17, 15) is 9.18 Å². The number of pyridine rings is 1. The number of aromatic nitrogens is 1. The highest BCUT2D eigenvalue weighted by Gasteiger charge is 2.10. The molecule has 12 heavy (non-hydrogen) atoms. The number of rotatable bonds is 1. The van der Waals surface area contributed by atoms with Gasteiger partial charge in [0.05, 0.1) is 11.3 Å². The van der Waals surface area contributed by atoms with E-state index in [1.54, 1.807) is 13.8 Å². The molecule has 0 unspecified atom stereocenters. The highest BCUT2D eigenvalue weighted by molar-refractivity contribution is 5.95. The van der Waals surface area contributed by atoms with E-state index in [4.69, 9.17) is 5.73 Å². The lowest BCUT2D eigenvalue weighted by Gasteiger charge is -2.03. The van der Waals surface area contributed by atoms with Crippen LogP contribution in [0.25, 0.3) is 0 Å². The summed E-state index contributed by atoms with van der Waals surface area (Å²) < 4.78 is 12.6. The summed E-state index contributed by atoms with van der Waals surface area (Å²) in [6.45, 7) is 3.17. The quantitative estimate of drug-likeness (QED) is 0.634. The number of halogens is 1. The Morgan fingerprint density at radius 1 is 1.58 bits per heavy atom. The smallest absolute Gasteiger partial charge is 0.250 e. The van der Waals surface area contributed by atoms with Gasteiger partial charge in [-0.3, -0.25) is 4.79 Å². The van der Waals surface area contributed by atoms with E-state index in [2.05, 4.69) is 4.98 Å². The Morgan fingerprint density at radius 3 is 2.58 bits per heavy atom. The van der Waals surface area contributed by atoms with E-state index in [0.717, 1.165) is 0 Å². The summed E-state index contributed by atoms with van der Waals surface area (Å²) in [5.74, 6) is -1.16. The van der Waals surface area contributed by atoms with E-state index in [1.165, 1.54) is 6.07 Å². The number of carbonyl (C=O) groups is 1. The molecule has 4 heteroatoms. The van der Waals surface area contributed by atoms with Crippen LogP contribution in [0.15, 0.2) is 6.07 Å². The van der Waals surface area contributed by atoms with Crippen LogP contribution in [-0.4, -0.2) is 10.9 Å². The Hall–Kier alpha value is -1.45. The molecule has 1 amide bonds. The van der Waals surface area contributed by atoms with Gasteiger partial charge in [-0.1, -0.05) is 0 Å². The molecule has 0 fully saturated rings. The Morgan fingerprint density at radius 2 is 2.17 bits per heavy atom. The van der Waals surface area contributed by atoms with Gasteiger partial charge >= 0.3 is 0 Å². The second-order valence-electron chi connectivity index (χ2n) is 2.59. The molecule has 0 aliphatic heterocycles. The summed E-state index contributed by atoms with van der Waals surface area (Å²) in [5, 5.41) is 0. The lowest BCUT2D eigenvalue weighted by Crippen LogP contribution is -2.15. The molecule has 0 saturated carbocycles. The summed E-state index contributed by atoms with van der Waals surface area (Å²) in [6, 6.07) is 1.19. The minimum atomic E-state index is -0.588. The monoisotopic (exact) mass is 168 g/mol. The van der Waals surface area contributed by atoms with Crippen molar-refractivity contribution in [3.05, 3.63) is 28.8 Å². The average Bonchev–Trinajstić information content (AvgIpc) is 1.82. The molecule has 1 aromatic heterocycles. The Bertz CT molecular complexity index is 313. The molecule has 1 aromatic rings. The first-order valence-electron chi connectivity index (χ1n) is 3.46. The van der Waals surface area contributed by atoms with Gasteiger partial charge in [0.1, 0.15) is 0 Å². The van der Waals surface area contributed by atoms with E-state index >= 15 is 0 Å². The zero-order valence-corrected chi connectivity index (χ0v) is 6.89. The van der Waals surface area contributed by atoms with Crippen LogP contribution >= 0.6 is 0 Å². The predicted octanol–water partition coefficient (Wildman–Crippen LogP) is 0.936. The number of carbonyl (C=O) groups excluding carboxylic acids is 1. The van der Waals surface area contributed by atoms with Gasteiger partial charge < -0.3 is 5.73 Å². The van der Waals surface area contributed by atoms with E-state index < -0.39 is 11.9 Å². The minimum Gasteiger partial charge on any atom is -0.366 e. The van der Waals surface area contributed by atoms with E-state index in [0.29, 0.717) is 16.8 Å². The van der Waals surface area contributed by atoms with Crippen LogP contribution < -0.4 is 5.73 Å². The van der Waals surface area contributed by atoms with Crippen molar-refractivity contribution >= 4 is 5.91 Å². The van der Waals surface area contributed by atoms with Crippen LogP contribution in [0.3, 0.4) is 0 Å². The van der Waals surface area contributed by atoms with Crippen LogP contribution in [0.5, 0.6) is 0 Å². The maximum absolute atomic E-state index is 12.6. The van der Waals surface area contributed by atoms with Crippen molar-refractivity contribution in [3.8, 4) is 0 Å². The summed E-state index contributed by atoms with van der Waals surface area (Å²) in [6.07, 6.45) is 0. The third-order valence-corrected chi connectivity index (χ3v) is 1.61. The van der Waals surface area contributed by atoms with Crippen molar-refractivity contribution in [2.24, 2.45) is 5.73 Å².